The van der Waals surface area contributed by atoms with E-state index in [9.17, 15) is 9.90 Å². The molecule has 1 N–H and O–H groups in total. The maximum absolute atomic E-state index is 12.4. The molecule has 0 aromatic heterocycles. The quantitative estimate of drug-likeness (QED) is 0.937. The normalized spacial score (nSPS) is 10.3. The summed E-state index contributed by atoms with van der Waals surface area (Å²) in [4.78, 5) is 14.0. The Balaban J connectivity index is 2.16. The standard InChI is InChI=1S/C16H16ClNO2/c1-11-14(4-3-5-15(11)19)16(20)18(2)10-12-6-8-13(17)9-7-12/h3-9,19H,10H2,1-2H3. The van der Waals surface area contributed by atoms with Gasteiger partial charge in [-0.25, -0.2) is 0 Å². The van der Waals surface area contributed by atoms with Crippen molar-refractivity contribution in [3.05, 3.63) is 64.2 Å². The number of hydrogen-bond acceptors (Lipinski definition) is 2. The third kappa shape index (κ3) is 3.11. The number of amides is 1. The van der Waals surface area contributed by atoms with Gasteiger partial charge in [-0.2, -0.15) is 0 Å². The Morgan fingerprint density at radius 1 is 1.20 bits per heavy atom. The summed E-state index contributed by atoms with van der Waals surface area (Å²) in [5.41, 5.74) is 2.12. The van der Waals surface area contributed by atoms with Gasteiger partial charge in [0.1, 0.15) is 5.75 Å². The molecule has 0 aliphatic rings. The molecule has 0 saturated heterocycles. The Bertz CT molecular complexity index is 623. The van der Waals surface area contributed by atoms with Gasteiger partial charge >= 0.3 is 0 Å². The average Bonchev–Trinajstić information content (AvgIpc) is 2.43. The fraction of sp³-hybridized carbons (Fsp3) is 0.188. The highest BCUT2D eigenvalue weighted by Crippen LogP contribution is 2.21. The lowest BCUT2D eigenvalue weighted by Crippen LogP contribution is -2.26. The van der Waals surface area contributed by atoms with Crippen molar-refractivity contribution < 1.29 is 9.90 Å². The number of benzene rings is 2. The summed E-state index contributed by atoms with van der Waals surface area (Å²) in [5.74, 6) is 0.0177. The van der Waals surface area contributed by atoms with Gasteiger partial charge in [-0.3, -0.25) is 4.79 Å². The van der Waals surface area contributed by atoms with Crippen LogP contribution in [-0.2, 0) is 6.54 Å². The van der Waals surface area contributed by atoms with Crippen molar-refractivity contribution in [3.63, 3.8) is 0 Å². The Hall–Kier alpha value is -2.00. The van der Waals surface area contributed by atoms with Gasteiger partial charge in [0.25, 0.3) is 5.91 Å². The van der Waals surface area contributed by atoms with Crippen LogP contribution in [0.5, 0.6) is 5.75 Å². The van der Waals surface area contributed by atoms with Crippen molar-refractivity contribution in [3.8, 4) is 5.75 Å². The molecule has 3 nitrogen and oxygen atoms in total. The summed E-state index contributed by atoms with van der Waals surface area (Å²) < 4.78 is 0. The second-order valence-corrected chi connectivity index (χ2v) is 5.17. The SMILES string of the molecule is Cc1c(O)cccc1C(=O)N(C)Cc1ccc(Cl)cc1. The monoisotopic (exact) mass is 289 g/mol. The van der Waals surface area contributed by atoms with Crippen molar-refractivity contribution in [1.82, 2.24) is 4.90 Å². The topological polar surface area (TPSA) is 40.5 Å². The number of hydrogen-bond donors (Lipinski definition) is 1. The molecule has 0 atom stereocenters. The molecule has 4 heteroatoms. The van der Waals surface area contributed by atoms with Gasteiger partial charge in [0.05, 0.1) is 0 Å². The van der Waals surface area contributed by atoms with Crippen molar-refractivity contribution in [1.29, 1.82) is 0 Å². The lowest BCUT2D eigenvalue weighted by Gasteiger charge is -2.19. The van der Waals surface area contributed by atoms with Crippen LogP contribution in [0.4, 0.5) is 0 Å². The highest BCUT2D eigenvalue weighted by molar-refractivity contribution is 6.30. The lowest BCUT2D eigenvalue weighted by atomic mass is 10.1. The maximum atomic E-state index is 12.4. The van der Waals surface area contributed by atoms with Crippen LogP contribution in [-0.4, -0.2) is 23.0 Å². The smallest absolute Gasteiger partial charge is 0.254 e. The molecular formula is C16H16ClNO2. The Morgan fingerprint density at radius 3 is 2.50 bits per heavy atom. The zero-order valence-corrected chi connectivity index (χ0v) is 12.2. The van der Waals surface area contributed by atoms with Crippen LogP contribution in [0.2, 0.25) is 5.02 Å². The molecule has 1 amide bonds. The summed E-state index contributed by atoms with van der Waals surface area (Å²) in [6.45, 7) is 2.23. The number of carbonyl (C=O) groups is 1. The van der Waals surface area contributed by atoms with E-state index in [1.54, 1.807) is 49.2 Å². The molecule has 2 rings (SSSR count). The van der Waals surface area contributed by atoms with Gasteiger partial charge in [0, 0.05) is 29.7 Å². The van der Waals surface area contributed by atoms with Gasteiger partial charge in [-0.05, 0) is 36.8 Å². The van der Waals surface area contributed by atoms with E-state index in [2.05, 4.69) is 0 Å². The van der Waals surface area contributed by atoms with Gasteiger partial charge in [0.2, 0.25) is 0 Å². The first-order valence-electron chi connectivity index (χ1n) is 6.27. The minimum absolute atomic E-state index is 0.117. The number of phenolic OH excluding ortho intramolecular Hbond substituents is 1. The van der Waals surface area contributed by atoms with Crippen molar-refractivity contribution >= 4 is 17.5 Å². The minimum atomic E-state index is -0.117. The van der Waals surface area contributed by atoms with E-state index in [4.69, 9.17) is 11.6 Å². The van der Waals surface area contributed by atoms with Crippen molar-refractivity contribution in [2.24, 2.45) is 0 Å². The Kier molecular flexibility index (Phi) is 4.30. The summed E-state index contributed by atoms with van der Waals surface area (Å²) in [6.07, 6.45) is 0. The van der Waals surface area contributed by atoms with E-state index >= 15 is 0 Å². The summed E-state index contributed by atoms with van der Waals surface area (Å²) in [5, 5.41) is 10.3. The molecule has 0 bridgehead atoms. The number of nitrogens with zero attached hydrogens (tertiary/aromatic N) is 1. The van der Waals surface area contributed by atoms with Crippen LogP contribution < -0.4 is 0 Å². The van der Waals surface area contributed by atoms with E-state index in [0.29, 0.717) is 22.7 Å². The number of aromatic hydroxyl groups is 1. The first-order valence-corrected chi connectivity index (χ1v) is 6.65. The van der Waals surface area contributed by atoms with Gasteiger partial charge in [-0.15, -0.1) is 0 Å². The highest BCUT2D eigenvalue weighted by Gasteiger charge is 2.15. The first kappa shape index (κ1) is 14.4. The molecule has 0 aliphatic carbocycles. The zero-order chi connectivity index (χ0) is 14.7. The van der Waals surface area contributed by atoms with Gasteiger partial charge in [0.15, 0.2) is 0 Å². The predicted molar refractivity (Wildman–Crippen MR) is 80.1 cm³/mol. The van der Waals surface area contributed by atoms with Crippen LogP contribution >= 0.6 is 11.6 Å². The molecule has 2 aromatic rings. The Morgan fingerprint density at radius 2 is 1.85 bits per heavy atom. The van der Waals surface area contributed by atoms with Crippen LogP contribution in [0.25, 0.3) is 0 Å². The molecule has 104 valence electrons. The van der Waals surface area contributed by atoms with E-state index in [1.165, 1.54) is 0 Å². The average molecular weight is 290 g/mol. The molecule has 0 unspecified atom stereocenters. The van der Waals surface area contributed by atoms with E-state index in [0.717, 1.165) is 5.56 Å². The molecule has 0 radical (unpaired) electrons. The number of halogens is 1. The lowest BCUT2D eigenvalue weighted by molar-refractivity contribution is 0.0784. The van der Waals surface area contributed by atoms with Crippen molar-refractivity contribution in [2.75, 3.05) is 7.05 Å². The molecule has 20 heavy (non-hydrogen) atoms. The molecule has 0 spiro atoms. The minimum Gasteiger partial charge on any atom is -0.508 e. The van der Waals surface area contributed by atoms with E-state index in [-0.39, 0.29) is 11.7 Å². The van der Waals surface area contributed by atoms with Crippen LogP contribution in [0.15, 0.2) is 42.5 Å². The van der Waals surface area contributed by atoms with Crippen LogP contribution in [0, 0.1) is 6.92 Å². The summed E-state index contributed by atoms with van der Waals surface area (Å²) in [6, 6.07) is 12.3. The van der Waals surface area contributed by atoms with Crippen molar-refractivity contribution in [2.45, 2.75) is 13.5 Å². The molecule has 0 saturated carbocycles. The molecular weight excluding hydrogens is 274 g/mol. The van der Waals surface area contributed by atoms with Gasteiger partial charge < -0.3 is 10.0 Å². The second-order valence-electron chi connectivity index (χ2n) is 4.74. The molecule has 2 aromatic carbocycles. The fourth-order valence-corrected chi connectivity index (χ4v) is 2.12. The summed E-state index contributed by atoms with van der Waals surface area (Å²) in [7, 11) is 1.74. The predicted octanol–water partition coefficient (Wildman–Crippen LogP) is 3.63. The maximum Gasteiger partial charge on any atom is 0.254 e. The third-order valence-electron chi connectivity index (χ3n) is 3.22. The Labute approximate surface area is 123 Å². The fourth-order valence-electron chi connectivity index (χ4n) is 2.00. The number of phenols is 1. The van der Waals surface area contributed by atoms with E-state index in [1.807, 2.05) is 12.1 Å². The third-order valence-corrected chi connectivity index (χ3v) is 3.47. The largest absolute Gasteiger partial charge is 0.508 e. The van der Waals surface area contributed by atoms with Crippen LogP contribution in [0.3, 0.4) is 0 Å². The molecule has 0 heterocycles. The molecule has 0 fully saturated rings. The second kappa shape index (κ2) is 5.97. The highest BCUT2D eigenvalue weighted by atomic mass is 35.5. The zero-order valence-electron chi connectivity index (χ0n) is 11.4. The first-order chi connectivity index (χ1) is 9.49. The molecule has 0 aliphatic heterocycles. The van der Waals surface area contributed by atoms with E-state index < -0.39 is 0 Å². The number of rotatable bonds is 3. The number of carbonyl (C=O) groups excluding carboxylic acids is 1. The van der Waals surface area contributed by atoms with Crippen LogP contribution in [0.1, 0.15) is 21.5 Å². The summed E-state index contributed by atoms with van der Waals surface area (Å²) >= 11 is 5.84. The van der Waals surface area contributed by atoms with Gasteiger partial charge in [-0.1, -0.05) is 29.8 Å².